The summed E-state index contributed by atoms with van der Waals surface area (Å²) in [5, 5.41) is 0. The van der Waals surface area contributed by atoms with E-state index in [2.05, 4.69) is 25.3 Å². The van der Waals surface area contributed by atoms with Crippen LogP contribution in [0.25, 0.3) is 11.1 Å². The molecule has 0 N–H and O–H groups in total. The Labute approximate surface area is 74.2 Å². The molecule has 0 atom stereocenters. The molecule has 0 aliphatic carbocycles. The van der Waals surface area contributed by atoms with Gasteiger partial charge in [-0.05, 0) is 25.0 Å². The molecular weight excluding hydrogens is 144 g/mol. The molecule has 0 amide bonds. The van der Waals surface area contributed by atoms with Crippen molar-refractivity contribution in [2.45, 2.75) is 13.8 Å². The SMILES string of the molecule is C=C(C)c1ccccc1C(=C)C. The summed E-state index contributed by atoms with van der Waals surface area (Å²) in [5.41, 5.74) is 4.58. The third-order valence-corrected chi connectivity index (χ3v) is 1.85. The molecule has 0 aromatic heterocycles. The lowest BCUT2D eigenvalue weighted by Gasteiger charge is -2.07. The highest BCUT2D eigenvalue weighted by atomic mass is 14.1. The molecule has 0 unspecified atom stereocenters. The number of rotatable bonds is 2. The van der Waals surface area contributed by atoms with Gasteiger partial charge in [0, 0.05) is 0 Å². The number of benzene rings is 1. The predicted molar refractivity (Wildman–Crippen MR) is 55.9 cm³/mol. The minimum atomic E-state index is 1.09. The van der Waals surface area contributed by atoms with Gasteiger partial charge < -0.3 is 0 Å². The third kappa shape index (κ3) is 1.65. The molecule has 0 spiro atoms. The van der Waals surface area contributed by atoms with Crippen molar-refractivity contribution in [1.29, 1.82) is 0 Å². The van der Waals surface area contributed by atoms with E-state index in [-0.39, 0.29) is 0 Å². The Morgan fingerprint density at radius 3 is 1.50 bits per heavy atom. The molecule has 1 aromatic rings. The fourth-order valence-electron chi connectivity index (χ4n) is 1.23. The van der Waals surface area contributed by atoms with Gasteiger partial charge in [-0.25, -0.2) is 0 Å². The van der Waals surface area contributed by atoms with E-state index >= 15 is 0 Å². The highest BCUT2D eigenvalue weighted by Gasteiger charge is 2.00. The lowest BCUT2D eigenvalue weighted by Crippen LogP contribution is -1.86. The molecule has 0 fully saturated rings. The van der Waals surface area contributed by atoms with Crippen molar-refractivity contribution in [2.75, 3.05) is 0 Å². The highest BCUT2D eigenvalue weighted by molar-refractivity contribution is 5.76. The van der Waals surface area contributed by atoms with Crippen molar-refractivity contribution in [3.8, 4) is 0 Å². The topological polar surface area (TPSA) is 0 Å². The van der Waals surface area contributed by atoms with Crippen LogP contribution in [0.15, 0.2) is 37.4 Å². The van der Waals surface area contributed by atoms with Crippen LogP contribution in [-0.4, -0.2) is 0 Å². The number of allylic oxidation sites excluding steroid dienone is 2. The maximum absolute atomic E-state index is 3.93. The van der Waals surface area contributed by atoms with Gasteiger partial charge in [0.1, 0.15) is 0 Å². The molecule has 0 bridgehead atoms. The van der Waals surface area contributed by atoms with Crippen molar-refractivity contribution < 1.29 is 0 Å². The van der Waals surface area contributed by atoms with E-state index in [1.807, 2.05) is 26.0 Å². The van der Waals surface area contributed by atoms with Gasteiger partial charge in [-0.2, -0.15) is 0 Å². The summed E-state index contributed by atoms with van der Waals surface area (Å²) in [4.78, 5) is 0. The quantitative estimate of drug-likeness (QED) is 0.615. The van der Waals surface area contributed by atoms with Crippen LogP contribution in [0.4, 0.5) is 0 Å². The van der Waals surface area contributed by atoms with Crippen LogP contribution in [-0.2, 0) is 0 Å². The van der Waals surface area contributed by atoms with Crippen molar-refractivity contribution in [1.82, 2.24) is 0 Å². The largest absolute Gasteiger partial charge is 0.0955 e. The van der Waals surface area contributed by atoms with E-state index in [0.29, 0.717) is 0 Å². The molecule has 0 heteroatoms. The van der Waals surface area contributed by atoms with Gasteiger partial charge in [-0.3, -0.25) is 0 Å². The van der Waals surface area contributed by atoms with Crippen LogP contribution in [0.3, 0.4) is 0 Å². The van der Waals surface area contributed by atoms with Crippen molar-refractivity contribution in [2.24, 2.45) is 0 Å². The third-order valence-electron chi connectivity index (χ3n) is 1.85. The zero-order valence-corrected chi connectivity index (χ0v) is 7.72. The molecule has 0 saturated heterocycles. The zero-order chi connectivity index (χ0) is 9.14. The number of hydrogen-bond acceptors (Lipinski definition) is 0. The maximum Gasteiger partial charge on any atom is -0.0158 e. The van der Waals surface area contributed by atoms with Gasteiger partial charge in [0.2, 0.25) is 0 Å². The van der Waals surface area contributed by atoms with E-state index in [0.717, 1.165) is 11.1 Å². The molecule has 0 saturated carbocycles. The Balaban J connectivity index is 3.27. The van der Waals surface area contributed by atoms with Crippen LogP contribution in [0.5, 0.6) is 0 Å². The monoisotopic (exact) mass is 158 g/mol. The van der Waals surface area contributed by atoms with Crippen molar-refractivity contribution in [3.63, 3.8) is 0 Å². The summed E-state index contributed by atoms with van der Waals surface area (Å²) in [7, 11) is 0. The van der Waals surface area contributed by atoms with Gasteiger partial charge in [0.25, 0.3) is 0 Å². The molecule has 0 aliphatic heterocycles. The maximum atomic E-state index is 3.93. The van der Waals surface area contributed by atoms with E-state index in [9.17, 15) is 0 Å². The molecule has 1 aromatic carbocycles. The van der Waals surface area contributed by atoms with E-state index in [1.54, 1.807) is 0 Å². The highest BCUT2D eigenvalue weighted by Crippen LogP contribution is 2.22. The first-order chi connectivity index (χ1) is 5.63. The normalized spacial score (nSPS) is 9.50. The second-order valence-electron chi connectivity index (χ2n) is 3.11. The zero-order valence-electron chi connectivity index (χ0n) is 7.72. The standard InChI is InChI=1S/C12H14/c1-9(2)11-7-5-6-8-12(11)10(3)4/h5-8H,1,3H2,2,4H3. The smallest absolute Gasteiger partial charge is 0.0158 e. The van der Waals surface area contributed by atoms with Gasteiger partial charge in [-0.15, -0.1) is 0 Å². The van der Waals surface area contributed by atoms with Crippen molar-refractivity contribution in [3.05, 3.63) is 48.6 Å². The van der Waals surface area contributed by atoms with Crippen LogP contribution in [0, 0.1) is 0 Å². The fourth-order valence-corrected chi connectivity index (χ4v) is 1.23. The summed E-state index contributed by atoms with van der Waals surface area (Å²) < 4.78 is 0. The Kier molecular flexibility index (Phi) is 2.49. The second kappa shape index (κ2) is 3.40. The minimum absolute atomic E-state index is 1.09. The van der Waals surface area contributed by atoms with Crippen LogP contribution in [0.1, 0.15) is 25.0 Å². The summed E-state index contributed by atoms with van der Waals surface area (Å²) in [5.74, 6) is 0. The van der Waals surface area contributed by atoms with Gasteiger partial charge >= 0.3 is 0 Å². The lowest BCUT2D eigenvalue weighted by atomic mass is 9.98. The van der Waals surface area contributed by atoms with E-state index in [4.69, 9.17) is 0 Å². The molecule has 12 heavy (non-hydrogen) atoms. The summed E-state index contributed by atoms with van der Waals surface area (Å²) >= 11 is 0. The average Bonchev–Trinajstić information content (AvgIpc) is 2.04. The molecule has 0 aliphatic rings. The van der Waals surface area contributed by atoms with Crippen LogP contribution < -0.4 is 0 Å². The fraction of sp³-hybridized carbons (Fsp3) is 0.167. The molecule has 0 heterocycles. The second-order valence-corrected chi connectivity index (χ2v) is 3.11. The van der Waals surface area contributed by atoms with Gasteiger partial charge in [0.05, 0.1) is 0 Å². The lowest BCUT2D eigenvalue weighted by molar-refractivity contribution is 1.50. The molecular formula is C12H14. The Bertz CT molecular complexity index is 286. The Morgan fingerprint density at radius 1 is 0.917 bits per heavy atom. The van der Waals surface area contributed by atoms with Crippen molar-refractivity contribution >= 4 is 11.1 Å². The Hall–Kier alpha value is -1.30. The summed E-state index contributed by atoms with van der Waals surface area (Å²) in [6.07, 6.45) is 0. The van der Waals surface area contributed by atoms with Gasteiger partial charge in [0.15, 0.2) is 0 Å². The first-order valence-electron chi connectivity index (χ1n) is 4.03. The summed E-state index contributed by atoms with van der Waals surface area (Å²) in [6.45, 7) is 11.9. The van der Waals surface area contributed by atoms with Crippen LogP contribution in [0.2, 0.25) is 0 Å². The Morgan fingerprint density at radius 2 is 1.25 bits per heavy atom. The number of hydrogen-bond donors (Lipinski definition) is 0. The molecule has 1 rings (SSSR count). The first kappa shape index (κ1) is 8.79. The first-order valence-corrected chi connectivity index (χ1v) is 4.03. The summed E-state index contributed by atoms with van der Waals surface area (Å²) in [6, 6.07) is 8.20. The molecule has 62 valence electrons. The minimum Gasteiger partial charge on any atom is -0.0955 e. The predicted octanol–water partition coefficient (Wildman–Crippen LogP) is 3.75. The van der Waals surface area contributed by atoms with Gasteiger partial charge in [-0.1, -0.05) is 48.6 Å². The average molecular weight is 158 g/mol. The van der Waals surface area contributed by atoms with E-state index in [1.165, 1.54) is 11.1 Å². The van der Waals surface area contributed by atoms with Crippen LogP contribution >= 0.6 is 0 Å². The molecule has 0 radical (unpaired) electrons. The molecule has 0 nitrogen and oxygen atoms in total. The van der Waals surface area contributed by atoms with E-state index < -0.39 is 0 Å².